The van der Waals surface area contributed by atoms with Gasteiger partial charge in [-0.1, -0.05) is 27.7 Å². The first-order valence-corrected chi connectivity index (χ1v) is 10.6. The summed E-state index contributed by atoms with van der Waals surface area (Å²) in [5.41, 5.74) is 5.29. The van der Waals surface area contributed by atoms with Crippen molar-refractivity contribution in [1.29, 1.82) is 0 Å². The van der Waals surface area contributed by atoms with Crippen molar-refractivity contribution >= 4 is 16.6 Å². The second-order valence-corrected chi connectivity index (χ2v) is 8.65. The minimum atomic E-state index is -0.345. The van der Waals surface area contributed by atoms with Crippen LogP contribution in [-0.2, 0) is 0 Å². The molecule has 0 saturated heterocycles. The van der Waals surface area contributed by atoms with Gasteiger partial charge in [-0.2, -0.15) is 5.10 Å². The largest absolute Gasteiger partial charge is 0.296 e. The van der Waals surface area contributed by atoms with Crippen LogP contribution in [0.5, 0.6) is 0 Å². The molecule has 0 radical (unpaired) electrons. The molecule has 0 atom stereocenters. The number of H-pyrrole nitrogens is 1. The van der Waals surface area contributed by atoms with Crippen molar-refractivity contribution in [3.05, 3.63) is 71.8 Å². The highest BCUT2D eigenvalue weighted by Gasteiger charge is 2.22. The predicted molar refractivity (Wildman–Crippen MR) is 122 cm³/mol. The van der Waals surface area contributed by atoms with Crippen LogP contribution in [0.3, 0.4) is 0 Å². The molecule has 0 spiro atoms. The van der Waals surface area contributed by atoms with Gasteiger partial charge in [-0.3, -0.25) is 14.5 Å². The average molecular weight is 431 g/mol. The third-order valence-corrected chi connectivity index (χ3v) is 5.81. The van der Waals surface area contributed by atoms with Crippen LogP contribution < -0.4 is 0 Å². The highest BCUT2D eigenvalue weighted by molar-refractivity contribution is 5.85. The Morgan fingerprint density at radius 2 is 1.78 bits per heavy atom. The number of hydrogen-bond acceptors (Lipinski definition) is 3. The van der Waals surface area contributed by atoms with Gasteiger partial charge in [0.15, 0.2) is 5.65 Å². The molecule has 2 aromatic carbocycles. The van der Waals surface area contributed by atoms with Gasteiger partial charge in [0.25, 0.3) is 0 Å². The fraction of sp³-hybridized carbons (Fsp3) is 0.240. The van der Waals surface area contributed by atoms with E-state index in [9.17, 15) is 4.39 Å². The van der Waals surface area contributed by atoms with Crippen molar-refractivity contribution in [1.82, 2.24) is 24.6 Å². The minimum absolute atomic E-state index is 0.0471. The summed E-state index contributed by atoms with van der Waals surface area (Å²) in [5, 5.41) is 7.20. The molecule has 0 bridgehead atoms. The van der Waals surface area contributed by atoms with Gasteiger partial charge in [0, 0.05) is 17.3 Å². The first kappa shape index (κ1) is 20.3. The minimum Gasteiger partial charge on any atom is -0.296 e. The molecule has 0 aliphatic heterocycles. The molecule has 3 aromatic heterocycles. The van der Waals surface area contributed by atoms with Crippen LogP contribution >= 0.6 is 0 Å². The molecule has 5 nitrogen and oxygen atoms in total. The Bertz CT molecular complexity index is 1460. The Morgan fingerprint density at radius 3 is 2.53 bits per heavy atom. The standard InChI is InChI=1S/C25H23F2N5/c1-13(2)17-9-15(5-7-19(17)26)21-12-32-22(11-28-21)30-24(14(3)4)25(32)16-6-8-20-18(23(16)27)10-29-31-20/h5-14H,1-4H3,(H,29,31). The summed E-state index contributed by atoms with van der Waals surface area (Å²) >= 11 is 0. The molecule has 0 aliphatic rings. The van der Waals surface area contributed by atoms with Crippen molar-refractivity contribution in [2.45, 2.75) is 39.5 Å². The maximum absolute atomic E-state index is 15.5. The molecule has 0 amide bonds. The van der Waals surface area contributed by atoms with Crippen LogP contribution in [0.15, 0.2) is 48.9 Å². The van der Waals surface area contributed by atoms with Crippen LogP contribution in [0.2, 0.25) is 0 Å². The van der Waals surface area contributed by atoms with Crippen LogP contribution in [0.25, 0.3) is 39.1 Å². The molecule has 5 rings (SSSR count). The van der Waals surface area contributed by atoms with Gasteiger partial charge in [-0.05, 0) is 47.7 Å². The van der Waals surface area contributed by atoms with E-state index < -0.39 is 0 Å². The molecular formula is C25H23F2N5. The number of benzene rings is 2. The summed E-state index contributed by atoms with van der Waals surface area (Å²) in [6.07, 6.45) is 5.02. The molecule has 3 heterocycles. The van der Waals surface area contributed by atoms with Gasteiger partial charge >= 0.3 is 0 Å². The van der Waals surface area contributed by atoms with E-state index in [0.29, 0.717) is 39.1 Å². The Balaban J connectivity index is 1.76. The average Bonchev–Trinajstić information content (AvgIpc) is 3.39. The fourth-order valence-electron chi connectivity index (χ4n) is 4.10. The molecule has 0 unspecified atom stereocenters. The highest BCUT2D eigenvalue weighted by Crippen LogP contribution is 2.35. The Hall–Kier alpha value is -3.61. The third-order valence-electron chi connectivity index (χ3n) is 5.81. The smallest absolute Gasteiger partial charge is 0.156 e. The van der Waals surface area contributed by atoms with Crippen LogP contribution in [-0.4, -0.2) is 24.6 Å². The first-order valence-electron chi connectivity index (χ1n) is 10.6. The first-order chi connectivity index (χ1) is 15.3. The van der Waals surface area contributed by atoms with Gasteiger partial charge in [-0.15, -0.1) is 0 Å². The SMILES string of the molecule is CC(C)c1cc(-c2cn3c(-c4ccc5[nH]ncc5c4F)c(C(C)C)nc3cn2)ccc1F. The lowest BCUT2D eigenvalue weighted by atomic mass is 9.99. The second kappa shape index (κ2) is 7.51. The summed E-state index contributed by atoms with van der Waals surface area (Å²) in [6, 6.07) is 8.58. The lowest BCUT2D eigenvalue weighted by Crippen LogP contribution is -1.98. The van der Waals surface area contributed by atoms with E-state index in [0.717, 1.165) is 11.3 Å². The molecule has 1 N–H and O–H groups in total. The predicted octanol–water partition coefficient (Wildman–Crippen LogP) is 6.46. The second-order valence-electron chi connectivity index (χ2n) is 8.65. The van der Waals surface area contributed by atoms with E-state index >= 15 is 4.39 Å². The van der Waals surface area contributed by atoms with Crippen LogP contribution in [0, 0.1) is 11.6 Å². The zero-order valence-corrected chi connectivity index (χ0v) is 18.3. The number of halogens is 2. The van der Waals surface area contributed by atoms with Crippen LogP contribution in [0.1, 0.15) is 50.8 Å². The Morgan fingerprint density at radius 1 is 0.969 bits per heavy atom. The quantitative estimate of drug-likeness (QED) is 0.355. The summed E-state index contributed by atoms with van der Waals surface area (Å²) < 4.78 is 31.6. The van der Waals surface area contributed by atoms with Crippen molar-refractivity contribution in [3.8, 4) is 22.5 Å². The molecule has 5 aromatic rings. The molecule has 162 valence electrons. The van der Waals surface area contributed by atoms with Gasteiger partial charge in [-0.25, -0.2) is 13.8 Å². The van der Waals surface area contributed by atoms with E-state index in [4.69, 9.17) is 4.98 Å². The van der Waals surface area contributed by atoms with E-state index in [1.807, 2.05) is 50.4 Å². The topological polar surface area (TPSA) is 58.9 Å². The number of imidazole rings is 1. The number of aromatic nitrogens is 5. The monoisotopic (exact) mass is 431 g/mol. The number of aromatic amines is 1. The molecule has 0 saturated carbocycles. The lowest BCUT2D eigenvalue weighted by Gasteiger charge is -2.11. The van der Waals surface area contributed by atoms with Crippen molar-refractivity contribution < 1.29 is 8.78 Å². The normalized spacial score (nSPS) is 12.0. The van der Waals surface area contributed by atoms with E-state index in [1.54, 1.807) is 18.3 Å². The number of nitrogens with zero attached hydrogens (tertiary/aromatic N) is 4. The van der Waals surface area contributed by atoms with Crippen molar-refractivity contribution in [3.63, 3.8) is 0 Å². The summed E-state index contributed by atoms with van der Waals surface area (Å²) in [5.74, 6) is -0.454. The fourth-order valence-corrected chi connectivity index (χ4v) is 4.10. The van der Waals surface area contributed by atoms with E-state index in [-0.39, 0.29) is 23.5 Å². The molecule has 32 heavy (non-hydrogen) atoms. The zero-order chi connectivity index (χ0) is 22.6. The van der Waals surface area contributed by atoms with E-state index in [1.165, 1.54) is 12.3 Å². The van der Waals surface area contributed by atoms with Crippen molar-refractivity contribution in [2.75, 3.05) is 0 Å². The van der Waals surface area contributed by atoms with Gasteiger partial charge in [0.2, 0.25) is 0 Å². The number of rotatable bonds is 4. The highest BCUT2D eigenvalue weighted by atomic mass is 19.1. The van der Waals surface area contributed by atoms with Gasteiger partial charge in [0.05, 0.1) is 40.4 Å². The summed E-state index contributed by atoms with van der Waals surface area (Å²) in [6.45, 7) is 7.97. The summed E-state index contributed by atoms with van der Waals surface area (Å²) in [4.78, 5) is 9.31. The molecule has 0 fully saturated rings. The Kier molecular flexibility index (Phi) is 4.77. The third kappa shape index (κ3) is 3.16. The number of fused-ring (bicyclic) bond motifs is 2. The number of hydrogen-bond donors (Lipinski definition) is 1. The van der Waals surface area contributed by atoms with Gasteiger partial charge in [0.1, 0.15) is 11.6 Å². The maximum Gasteiger partial charge on any atom is 0.156 e. The van der Waals surface area contributed by atoms with E-state index in [2.05, 4.69) is 15.2 Å². The molecular weight excluding hydrogens is 408 g/mol. The maximum atomic E-state index is 15.5. The van der Waals surface area contributed by atoms with Gasteiger partial charge < -0.3 is 0 Å². The van der Waals surface area contributed by atoms with Crippen molar-refractivity contribution in [2.24, 2.45) is 0 Å². The lowest BCUT2D eigenvalue weighted by molar-refractivity contribution is 0.598. The molecule has 0 aliphatic carbocycles. The van der Waals surface area contributed by atoms with Crippen LogP contribution in [0.4, 0.5) is 8.78 Å². The zero-order valence-electron chi connectivity index (χ0n) is 18.3. The summed E-state index contributed by atoms with van der Waals surface area (Å²) in [7, 11) is 0. The Labute approximate surface area is 184 Å². The molecule has 7 heteroatoms. The number of nitrogens with one attached hydrogen (secondary N) is 1.